The Labute approximate surface area is 179 Å². The number of carbonyl (C=O) groups excluding carboxylic acids is 2. The average Bonchev–Trinajstić information content (AvgIpc) is 2.73. The van der Waals surface area contributed by atoms with E-state index in [9.17, 15) is 23.2 Å². The smallest absolute Gasteiger partial charge is 0.261 e. The number of sulfonamides is 1. The zero-order valence-corrected chi connectivity index (χ0v) is 17.3. The third-order valence-corrected chi connectivity index (χ3v) is 5.65. The normalized spacial score (nSPS) is 12.0. The molecule has 0 aliphatic heterocycles. The summed E-state index contributed by atoms with van der Waals surface area (Å²) >= 11 is 0. The van der Waals surface area contributed by atoms with Crippen LogP contribution in [0.2, 0.25) is 0 Å². The fourth-order valence-electron chi connectivity index (χ4n) is 2.67. The van der Waals surface area contributed by atoms with Crippen molar-refractivity contribution in [3.05, 3.63) is 54.1 Å². The van der Waals surface area contributed by atoms with Gasteiger partial charge in [-0.1, -0.05) is 12.1 Å². The highest BCUT2D eigenvalue weighted by molar-refractivity contribution is 7.92. The van der Waals surface area contributed by atoms with Crippen LogP contribution in [0.15, 0.2) is 53.4 Å². The molecule has 31 heavy (non-hydrogen) atoms. The maximum Gasteiger partial charge on any atom is 0.261 e. The van der Waals surface area contributed by atoms with Crippen molar-refractivity contribution >= 4 is 38.9 Å². The lowest BCUT2D eigenvalue weighted by atomic mass is 9.99. The highest BCUT2D eigenvalue weighted by atomic mass is 32.2. The van der Waals surface area contributed by atoms with E-state index in [1.807, 2.05) is 5.48 Å². The minimum absolute atomic E-state index is 0.0155. The zero-order valence-electron chi connectivity index (χ0n) is 16.5. The van der Waals surface area contributed by atoms with Crippen LogP contribution in [0.4, 0.5) is 11.4 Å². The summed E-state index contributed by atoms with van der Waals surface area (Å²) in [6.07, 6.45) is 0.475. The van der Waals surface area contributed by atoms with Crippen LogP contribution in [0.25, 0.3) is 0 Å². The summed E-state index contributed by atoms with van der Waals surface area (Å²) in [4.78, 5) is 25.0. The van der Waals surface area contributed by atoms with Gasteiger partial charge >= 0.3 is 0 Å². The maximum absolute atomic E-state index is 12.5. The van der Waals surface area contributed by atoms with Gasteiger partial charge in [-0.15, -0.1) is 0 Å². The quantitative estimate of drug-likeness (QED) is 0.0484. The summed E-state index contributed by atoms with van der Waals surface area (Å²) in [6.45, 7) is 0.289. The molecule has 0 aliphatic carbocycles. The van der Waals surface area contributed by atoms with Crippen molar-refractivity contribution in [2.75, 3.05) is 17.0 Å². The van der Waals surface area contributed by atoms with E-state index in [1.165, 1.54) is 48.5 Å². The third-order valence-electron chi connectivity index (χ3n) is 4.25. The van der Waals surface area contributed by atoms with Crippen LogP contribution in [-0.2, 0) is 14.8 Å². The summed E-state index contributed by atoms with van der Waals surface area (Å²) in [5, 5.41) is 18.9. The number of ketones is 2. The van der Waals surface area contributed by atoms with Crippen molar-refractivity contribution in [2.45, 2.75) is 23.8 Å². The molecular weight excluding hydrogens is 424 g/mol. The third kappa shape index (κ3) is 6.77. The number of nitrogens with one attached hydrogen (secondary N) is 4. The molecule has 0 saturated carbocycles. The number of guanidine groups is 1. The number of nitrogens with two attached hydrogens (primary N) is 2. The Kier molecular flexibility index (Phi) is 8.07. The number of nitrogen functional groups attached to an aromatic ring is 1. The number of carbonyl (C=O) groups is 2. The van der Waals surface area contributed by atoms with Gasteiger partial charge in [0, 0.05) is 23.5 Å². The number of anilines is 2. The molecule has 0 saturated heterocycles. The van der Waals surface area contributed by atoms with Crippen molar-refractivity contribution in [1.82, 2.24) is 10.8 Å². The topological polar surface area (TPSA) is 200 Å². The molecule has 0 bridgehead atoms. The number of Topliss-reactive ketones (excluding diaryl/α,β-unsaturated/α-hetero) is 2. The van der Waals surface area contributed by atoms with Gasteiger partial charge in [0.2, 0.25) is 11.6 Å². The number of hydroxylamine groups is 1. The minimum atomic E-state index is -3.92. The molecule has 2 rings (SSSR count). The van der Waals surface area contributed by atoms with E-state index in [4.69, 9.17) is 16.9 Å². The van der Waals surface area contributed by atoms with Crippen LogP contribution < -0.4 is 27.0 Å². The van der Waals surface area contributed by atoms with Gasteiger partial charge in [0.25, 0.3) is 10.0 Å². The Morgan fingerprint density at radius 3 is 2.42 bits per heavy atom. The maximum atomic E-state index is 12.5. The molecule has 0 radical (unpaired) electrons. The van der Waals surface area contributed by atoms with Crippen molar-refractivity contribution in [3.8, 4) is 0 Å². The Morgan fingerprint density at radius 2 is 1.81 bits per heavy atom. The van der Waals surface area contributed by atoms with Crippen molar-refractivity contribution in [3.63, 3.8) is 0 Å². The van der Waals surface area contributed by atoms with Crippen molar-refractivity contribution < 1.29 is 23.2 Å². The van der Waals surface area contributed by atoms with Gasteiger partial charge < -0.3 is 22.0 Å². The van der Waals surface area contributed by atoms with E-state index >= 15 is 0 Å². The first-order chi connectivity index (χ1) is 14.6. The van der Waals surface area contributed by atoms with E-state index in [-0.39, 0.29) is 35.1 Å². The average molecular weight is 449 g/mol. The molecule has 0 unspecified atom stereocenters. The number of hydrogen-bond donors (Lipinski definition) is 7. The molecule has 1 atom stereocenters. The molecule has 0 aromatic heterocycles. The van der Waals surface area contributed by atoms with Crippen LogP contribution in [0, 0.1) is 5.41 Å². The van der Waals surface area contributed by atoms with Crippen LogP contribution in [0.5, 0.6) is 0 Å². The van der Waals surface area contributed by atoms with Crippen LogP contribution in [0.1, 0.15) is 23.2 Å². The second-order valence-corrected chi connectivity index (χ2v) is 8.30. The Morgan fingerprint density at radius 1 is 1.13 bits per heavy atom. The molecule has 11 nitrogen and oxygen atoms in total. The summed E-state index contributed by atoms with van der Waals surface area (Å²) in [7, 11) is -3.92. The van der Waals surface area contributed by atoms with E-state index < -0.39 is 27.6 Å². The van der Waals surface area contributed by atoms with E-state index in [2.05, 4.69) is 10.0 Å². The molecule has 0 aliphatic rings. The first-order valence-electron chi connectivity index (χ1n) is 9.18. The minimum Gasteiger partial charge on any atom is -0.399 e. The first kappa shape index (κ1) is 23.8. The fourth-order valence-corrected chi connectivity index (χ4v) is 3.72. The Balaban J connectivity index is 2.10. The van der Waals surface area contributed by atoms with Gasteiger partial charge in [-0.3, -0.25) is 19.7 Å². The van der Waals surface area contributed by atoms with Gasteiger partial charge in [0.1, 0.15) is 0 Å². The van der Waals surface area contributed by atoms with Gasteiger partial charge in [-0.05, 0) is 49.2 Å². The summed E-state index contributed by atoms with van der Waals surface area (Å²) in [6, 6.07) is 9.89. The first-order valence-corrected chi connectivity index (χ1v) is 10.7. The predicted molar refractivity (Wildman–Crippen MR) is 115 cm³/mol. The number of rotatable bonds is 11. The lowest BCUT2D eigenvalue weighted by Crippen LogP contribution is -2.40. The fraction of sp³-hybridized carbons (Fsp3) is 0.211. The van der Waals surface area contributed by atoms with Gasteiger partial charge in [0.05, 0.1) is 10.9 Å². The molecule has 9 N–H and O–H groups in total. The Hall–Kier alpha value is -3.48. The molecule has 0 heterocycles. The monoisotopic (exact) mass is 448 g/mol. The van der Waals surface area contributed by atoms with Crippen LogP contribution in [0.3, 0.4) is 0 Å². The van der Waals surface area contributed by atoms with Crippen LogP contribution >= 0.6 is 0 Å². The standard InChI is InChI=1S/C19H24N6O5S/c20-13-6-8-15(9-7-13)31(29,30)25-14-4-1-3-12(11-14)17(26)18(27)16(24-28)5-2-10-23-19(21)22/h1,3-4,6-9,11,16,24-25,28H,2,5,10,20H2,(H4,21,22,23)/t16-/m0/s1. The molecule has 0 amide bonds. The highest BCUT2D eigenvalue weighted by Crippen LogP contribution is 2.19. The molecule has 0 spiro atoms. The largest absolute Gasteiger partial charge is 0.399 e. The predicted octanol–water partition coefficient (Wildman–Crippen LogP) is 0.432. The zero-order chi connectivity index (χ0) is 23.0. The summed E-state index contributed by atoms with van der Waals surface area (Å²) in [5.74, 6) is -2.00. The SMILES string of the molecule is N=C(N)NCCC[C@H](NO)C(=O)C(=O)c1cccc(NS(=O)(=O)c2ccc(N)cc2)c1. The van der Waals surface area contributed by atoms with Crippen molar-refractivity contribution in [2.24, 2.45) is 5.73 Å². The number of hydrogen-bond acceptors (Lipinski definition) is 8. The van der Waals surface area contributed by atoms with Crippen LogP contribution in [-0.4, -0.2) is 43.7 Å². The lowest BCUT2D eigenvalue weighted by molar-refractivity contribution is -0.119. The van der Waals surface area contributed by atoms with E-state index in [0.717, 1.165) is 0 Å². The van der Waals surface area contributed by atoms with Gasteiger partial charge in [-0.2, -0.15) is 5.48 Å². The summed E-state index contributed by atoms with van der Waals surface area (Å²) in [5.41, 5.74) is 13.0. The molecular formula is C19H24N6O5S. The van der Waals surface area contributed by atoms with Gasteiger partial charge in [0.15, 0.2) is 5.96 Å². The van der Waals surface area contributed by atoms with E-state index in [1.54, 1.807) is 0 Å². The van der Waals surface area contributed by atoms with Gasteiger partial charge in [-0.25, -0.2) is 8.42 Å². The molecule has 0 fully saturated rings. The summed E-state index contributed by atoms with van der Waals surface area (Å²) < 4.78 is 27.3. The number of benzene rings is 2. The highest BCUT2D eigenvalue weighted by Gasteiger charge is 2.26. The molecule has 12 heteroatoms. The lowest BCUT2D eigenvalue weighted by Gasteiger charge is -2.14. The molecule has 2 aromatic rings. The molecule has 2 aromatic carbocycles. The molecule has 166 valence electrons. The second-order valence-electron chi connectivity index (χ2n) is 6.61. The van der Waals surface area contributed by atoms with E-state index in [0.29, 0.717) is 12.1 Å². The Bertz CT molecular complexity index is 1060. The second kappa shape index (κ2) is 10.5. The van der Waals surface area contributed by atoms with Crippen molar-refractivity contribution in [1.29, 1.82) is 5.41 Å².